The summed E-state index contributed by atoms with van der Waals surface area (Å²) in [5, 5.41) is 9.30. The van der Waals surface area contributed by atoms with E-state index < -0.39 is 25.5 Å². The number of aromatic nitrogens is 1. The first-order chi connectivity index (χ1) is 10.0. The molecule has 0 aliphatic carbocycles. The Morgan fingerprint density at radius 3 is 2.18 bits per heavy atom. The van der Waals surface area contributed by atoms with Gasteiger partial charge in [-0.1, -0.05) is 18.2 Å². The second kappa shape index (κ2) is 4.45. The second-order valence-corrected chi connectivity index (χ2v) is 7.03. The monoisotopic (exact) mass is 332 g/mol. The van der Waals surface area contributed by atoms with Crippen LogP contribution in [0.2, 0.25) is 0 Å². The quantitative estimate of drug-likeness (QED) is 0.344. The van der Waals surface area contributed by atoms with Gasteiger partial charge in [0.1, 0.15) is 6.20 Å². The molecule has 4 nitrogen and oxygen atoms in total. The lowest BCUT2D eigenvalue weighted by Crippen LogP contribution is -2.13. The fourth-order valence-electron chi connectivity index (χ4n) is 1.46. The van der Waals surface area contributed by atoms with Crippen molar-refractivity contribution < 1.29 is 20.5 Å². The summed E-state index contributed by atoms with van der Waals surface area (Å²) < 4.78 is 55.7. The predicted molar refractivity (Wildman–Crippen MR) is 74.5 cm³/mol. The molecule has 0 aliphatic rings. The Hall–Kier alpha value is -2.60. The Labute approximate surface area is 122 Å². The number of nitrogens with zero attached hydrogens (tertiary/aromatic N) is 2. The highest BCUT2D eigenvalue weighted by molar-refractivity contribution is 8.53. The smallest absolute Gasteiger partial charge is 0.258 e. The Kier molecular flexibility index (Phi) is 3.19. The van der Waals surface area contributed by atoms with Gasteiger partial charge in [-0.15, -0.1) is 15.5 Å². The van der Waals surface area contributed by atoms with Crippen LogP contribution in [0, 0.1) is 21.3 Å². The minimum absolute atomic E-state index is 0.0139. The predicted octanol–water partition coefficient (Wildman–Crippen LogP) is 4.77. The van der Waals surface area contributed by atoms with Gasteiger partial charge in [-0.3, -0.25) is 10.1 Å². The van der Waals surface area contributed by atoms with Crippen LogP contribution in [-0.4, -0.2) is 9.91 Å². The van der Waals surface area contributed by atoms with Crippen molar-refractivity contribution >= 4 is 15.5 Å². The van der Waals surface area contributed by atoms with Crippen molar-refractivity contribution in [3.05, 3.63) is 64.3 Å². The fourth-order valence-corrected chi connectivity index (χ4v) is 2.49. The van der Waals surface area contributed by atoms with Gasteiger partial charge in [-0.05, 0) is 24.1 Å². The molecule has 1 heterocycles. The SMILES string of the molecule is O=[N+]([O-])c1ccc(S(F)(F)(F)(F)C#Cc2ccccc2)nc1. The zero-order valence-electron chi connectivity index (χ0n) is 10.7. The zero-order valence-corrected chi connectivity index (χ0v) is 11.6. The maximum absolute atomic E-state index is 13.9. The molecule has 0 aliphatic heterocycles. The minimum Gasteiger partial charge on any atom is -0.258 e. The molecule has 9 heteroatoms. The molecular formula is C13H8F4N2O2S. The average molecular weight is 332 g/mol. The number of pyridine rings is 1. The molecule has 0 saturated carbocycles. The maximum atomic E-state index is 13.9. The van der Waals surface area contributed by atoms with Crippen molar-refractivity contribution in [2.75, 3.05) is 0 Å². The fraction of sp³-hybridized carbons (Fsp3) is 0. The van der Waals surface area contributed by atoms with Crippen LogP contribution in [0.15, 0.2) is 53.7 Å². The van der Waals surface area contributed by atoms with Crippen LogP contribution in [0.25, 0.3) is 0 Å². The number of rotatable bonds is 2. The first kappa shape index (κ1) is 15.8. The van der Waals surface area contributed by atoms with Crippen molar-refractivity contribution in [2.45, 2.75) is 5.03 Å². The lowest BCUT2D eigenvalue weighted by atomic mass is 10.2. The zero-order chi connectivity index (χ0) is 16.5. The normalized spacial score (nSPS) is 14.2. The van der Waals surface area contributed by atoms with Crippen LogP contribution < -0.4 is 0 Å². The summed E-state index contributed by atoms with van der Waals surface area (Å²) in [7, 11) is -8.94. The first-order valence-corrected chi connectivity index (χ1v) is 7.76. The second-order valence-electron chi connectivity index (χ2n) is 4.27. The number of hydrogen-bond acceptors (Lipinski definition) is 3. The van der Waals surface area contributed by atoms with E-state index in [1.807, 2.05) is 0 Å². The number of halogens is 4. The molecule has 0 bridgehead atoms. The van der Waals surface area contributed by atoms with Crippen LogP contribution in [-0.2, 0) is 0 Å². The molecule has 1 aromatic carbocycles. The molecule has 0 saturated heterocycles. The Balaban J connectivity index is 2.52. The van der Waals surface area contributed by atoms with Gasteiger partial charge in [-0.2, -0.15) is 0 Å². The first-order valence-electron chi connectivity index (χ1n) is 5.71. The van der Waals surface area contributed by atoms with Gasteiger partial charge >= 0.3 is 0 Å². The summed E-state index contributed by atoms with van der Waals surface area (Å²) in [6, 6.07) is 7.84. The standard InChI is InChI=1S/C13H8F4N2O2S/c14-22(15,16,17,9-8-11-4-2-1-3-5-11)13-7-6-12(10-18-13)19(20)21/h1-7,10H. The molecule has 0 N–H and O–H groups in total. The van der Waals surface area contributed by atoms with Gasteiger partial charge in [0.15, 0.2) is 5.03 Å². The highest BCUT2D eigenvalue weighted by atomic mass is 32.5. The minimum atomic E-state index is -8.94. The van der Waals surface area contributed by atoms with E-state index in [1.165, 1.54) is 24.3 Å². The van der Waals surface area contributed by atoms with Crippen LogP contribution in [0.1, 0.15) is 5.56 Å². The molecule has 0 fully saturated rings. The highest BCUT2D eigenvalue weighted by Crippen LogP contribution is 2.99. The van der Waals surface area contributed by atoms with Crippen molar-refractivity contribution in [1.29, 1.82) is 0 Å². The van der Waals surface area contributed by atoms with Gasteiger partial charge in [0.2, 0.25) is 0 Å². The third kappa shape index (κ3) is 3.35. The lowest BCUT2D eigenvalue weighted by Gasteiger charge is -2.43. The average Bonchev–Trinajstić information content (AvgIpc) is 2.46. The molecule has 116 valence electrons. The summed E-state index contributed by atoms with van der Waals surface area (Å²) in [6.45, 7) is 0. The topological polar surface area (TPSA) is 56.0 Å². The van der Waals surface area contributed by atoms with Gasteiger partial charge in [-0.25, -0.2) is 4.98 Å². The lowest BCUT2D eigenvalue weighted by molar-refractivity contribution is -0.385. The summed E-state index contributed by atoms with van der Waals surface area (Å²) in [5.74, 6) is 1.73. The molecule has 0 spiro atoms. The van der Waals surface area contributed by atoms with E-state index in [0.29, 0.717) is 12.3 Å². The van der Waals surface area contributed by atoms with Crippen LogP contribution >= 0.6 is 9.84 Å². The number of nitro groups is 1. The van der Waals surface area contributed by atoms with Gasteiger partial charge in [0, 0.05) is 16.9 Å². The molecule has 0 radical (unpaired) electrons. The van der Waals surface area contributed by atoms with E-state index in [0.717, 1.165) is 5.25 Å². The van der Waals surface area contributed by atoms with Crippen molar-refractivity contribution in [2.24, 2.45) is 0 Å². The van der Waals surface area contributed by atoms with E-state index in [4.69, 9.17) is 0 Å². The van der Waals surface area contributed by atoms with Crippen LogP contribution in [0.4, 0.5) is 21.2 Å². The molecule has 0 amide bonds. The third-order valence-corrected chi connectivity index (χ3v) is 4.12. The number of hydrogen-bond donors (Lipinski definition) is 0. The van der Waals surface area contributed by atoms with E-state index in [1.54, 1.807) is 12.0 Å². The van der Waals surface area contributed by atoms with Crippen molar-refractivity contribution in [1.82, 2.24) is 4.98 Å². The Bertz CT molecular complexity index is 792. The summed E-state index contributed by atoms with van der Waals surface area (Å²) >= 11 is 0. The van der Waals surface area contributed by atoms with E-state index in [-0.39, 0.29) is 11.6 Å². The molecule has 0 unspecified atom stereocenters. The van der Waals surface area contributed by atoms with E-state index in [9.17, 15) is 25.7 Å². The van der Waals surface area contributed by atoms with E-state index >= 15 is 0 Å². The van der Waals surface area contributed by atoms with Crippen molar-refractivity contribution in [3.8, 4) is 11.2 Å². The number of benzene rings is 1. The molecular weight excluding hydrogens is 324 g/mol. The Morgan fingerprint density at radius 2 is 1.68 bits per heavy atom. The largest absolute Gasteiger partial charge is 0.287 e. The Morgan fingerprint density at radius 1 is 1.05 bits per heavy atom. The van der Waals surface area contributed by atoms with Gasteiger partial charge in [0.05, 0.1) is 4.92 Å². The molecule has 22 heavy (non-hydrogen) atoms. The van der Waals surface area contributed by atoms with Crippen LogP contribution in [0.3, 0.4) is 0 Å². The molecule has 2 aromatic rings. The van der Waals surface area contributed by atoms with Crippen molar-refractivity contribution in [3.63, 3.8) is 0 Å². The van der Waals surface area contributed by atoms with E-state index in [2.05, 4.69) is 4.98 Å². The maximum Gasteiger partial charge on any atom is 0.287 e. The molecule has 2 rings (SSSR count). The van der Waals surface area contributed by atoms with Gasteiger partial charge in [0.25, 0.3) is 15.5 Å². The molecule has 0 atom stereocenters. The summed E-state index contributed by atoms with van der Waals surface area (Å²) in [5.41, 5.74) is -0.687. The third-order valence-electron chi connectivity index (χ3n) is 2.53. The molecule has 1 aromatic heterocycles. The van der Waals surface area contributed by atoms with Gasteiger partial charge < -0.3 is 0 Å². The highest BCUT2D eigenvalue weighted by Gasteiger charge is 2.65. The van der Waals surface area contributed by atoms with Crippen LogP contribution in [0.5, 0.6) is 0 Å². The summed E-state index contributed by atoms with van der Waals surface area (Å²) in [4.78, 5) is 12.3. The summed E-state index contributed by atoms with van der Waals surface area (Å²) in [6.07, 6.45) is 0.345.